The molecule has 0 radical (unpaired) electrons. The Hall–Kier alpha value is -4.36. The topological polar surface area (TPSA) is 20.2 Å². The Morgan fingerprint density at radius 1 is 0.457 bits per heavy atom. The van der Waals surface area contributed by atoms with E-state index in [1.54, 1.807) is 0 Å². The summed E-state index contributed by atoms with van der Waals surface area (Å²) in [5.74, 6) is 0.318. The molecule has 0 spiro atoms. The normalized spacial score (nSPS) is 11.3. The fourth-order valence-corrected chi connectivity index (χ4v) is 4.99. The van der Waals surface area contributed by atoms with E-state index < -0.39 is 0 Å². The number of phenols is 1. The lowest BCUT2D eigenvalue weighted by atomic mass is 9.87. The summed E-state index contributed by atoms with van der Waals surface area (Å²) in [6, 6.07) is 40.4. The van der Waals surface area contributed by atoms with Gasteiger partial charge in [-0.2, -0.15) is 0 Å². The predicted molar refractivity (Wildman–Crippen MR) is 149 cm³/mol. The molecule has 0 saturated heterocycles. The van der Waals surface area contributed by atoms with Crippen molar-refractivity contribution in [2.24, 2.45) is 0 Å². The lowest BCUT2D eigenvalue weighted by Gasteiger charge is -2.18. The zero-order valence-corrected chi connectivity index (χ0v) is 19.9. The third-order valence-corrected chi connectivity index (χ3v) is 6.90. The van der Waals surface area contributed by atoms with Gasteiger partial charge in [-0.25, -0.2) is 0 Å². The highest BCUT2D eigenvalue weighted by molar-refractivity contribution is 6.11. The summed E-state index contributed by atoms with van der Waals surface area (Å²) >= 11 is 0. The number of hydrogen-bond acceptors (Lipinski definition) is 1. The molecule has 0 bridgehead atoms. The Balaban J connectivity index is 1.70. The van der Waals surface area contributed by atoms with Crippen molar-refractivity contribution in [2.45, 2.75) is 13.8 Å². The highest BCUT2D eigenvalue weighted by Gasteiger charge is 2.18. The second-order valence-electron chi connectivity index (χ2n) is 9.35. The van der Waals surface area contributed by atoms with E-state index in [-0.39, 0.29) is 0 Å². The minimum absolute atomic E-state index is 0.318. The molecule has 0 amide bonds. The largest absolute Gasteiger partial charge is 0.507 e. The van der Waals surface area contributed by atoms with Gasteiger partial charge in [0.1, 0.15) is 5.75 Å². The second kappa shape index (κ2) is 8.45. The number of rotatable bonds is 3. The number of aryl methyl sites for hydroxylation is 2. The summed E-state index contributed by atoms with van der Waals surface area (Å²) in [5, 5.41) is 16.3. The van der Waals surface area contributed by atoms with Crippen LogP contribution in [0.5, 0.6) is 5.75 Å². The monoisotopic (exact) mass is 450 g/mol. The first-order chi connectivity index (χ1) is 17.1. The van der Waals surface area contributed by atoms with Crippen molar-refractivity contribution in [1.82, 2.24) is 0 Å². The minimum Gasteiger partial charge on any atom is -0.507 e. The Morgan fingerprint density at radius 2 is 1.00 bits per heavy atom. The molecule has 0 aliphatic carbocycles. The van der Waals surface area contributed by atoms with Crippen LogP contribution in [0.3, 0.4) is 0 Å². The van der Waals surface area contributed by atoms with E-state index in [9.17, 15) is 5.11 Å². The summed E-state index contributed by atoms with van der Waals surface area (Å²) < 4.78 is 0. The van der Waals surface area contributed by atoms with Gasteiger partial charge in [-0.05, 0) is 75.8 Å². The van der Waals surface area contributed by atoms with Crippen molar-refractivity contribution in [1.29, 1.82) is 0 Å². The Kier molecular flexibility index (Phi) is 5.12. The molecule has 35 heavy (non-hydrogen) atoms. The van der Waals surface area contributed by atoms with Crippen molar-refractivity contribution in [3.8, 4) is 39.1 Å². The van der Waals surface area contributed by atoms with Crippen LogP contribution in [0.1, 0.15) is 11.1 Å². The lowest BCUT2D eigenvalue weighted by molar-refractivity contribution is 0.480. The molecule has 0 heterocycles. The lowest BCUT2D eigenvalue weighted by Crippen LogP contribution is -1.91. The van der Waals surface area contributed by atoms with E-state index in [1.165, 1.54) is 16.7 Å². The number of aromatic hydroxyl groups is 1. The van der Waals surface area contributed by atoms with Gasteiger partial charge in [-0.15, -0.1) is 0 Å². The summed E-state index contributed by atoms with van der Waals surface area (Å²) in [5.41, 5.74) is 8.53. The first-order valence-electron chi connectivity index (χ1n) is 12.0. The van der Waals surface area contributed by atoms with E-state index in [2.05, 4.69) is 123 Å². The third-order valence-electron chi connectivity index (χ3n) is 6.90. The summed E-state index contributed by atoms with van der Waals surface area (Å²) in [7, 11) is 0. The van der Waals surface area contributed by atoms with Crippen LogP contribution in [0.4, 0.5) is 0 Å². The van der Waals surface area contributed by atoms with Crippen LogP contribution in [0, 0.1) is 13.8 Å². The van der Waals surface area contributed by atoms with Crippen molar-refractivity contribution in [3.05, 3.63) is 126 Å². The maximum Gasteiger partial charge on any atom is 0.131 e. The van der Waals surface area contributed by atoms with Gasteiger partial charge < -0.3 is 5.11 Å². The highest BCUT2D eigenvalue weighted by atomic mass is 16.3. The van der Waals surface area contributed by atoms with Crippen molar-refractivity contribution in [3.63, 3.8) is 0 Å². The van der Waals surface area contributed by atoms with Crippen LogP contribution in [-0.4, -0.2) is 5.11 Å². The van der Waals surface area contributed by atoms with E-state index in [1.807, 2.05) is 6.07 Å². The predicted octanol–water partition coefficient (Wildman–Crippen LogP) is 9.32. The quantitative estimate of drug-likeness (QED) is 0.285. The van der Waals surface area contributed by atoms with Crippen molar-refractivity contribution in [2.75, 3.05) is 0 Å². The first kappa shape index (κ1) is 21.2. The number of benzene rings is 6. The Bertz CT molecular complexity index is 1690. The molecule has 0 saturated carbocycles. The first-order valence-corrected chi connectivity index (χ1v) is 12.0. The molecule has 0 aromatic heterocycles. The van der Waals surface area contributed by atoms with Crippen LogP contribution in [0.2, 0.25) is 0 Å². The summed E-state index contributed by atoms with van der Waals surface area (Å²) in [6.45, 7) is 4.19. The fraction of sp³-hybridized carbons (Fsp3) is 0.0588. The van der Waals surface area contributed by atoms with Crippen LogP contribution in [0.15, 0.2) is 115 Å². The standard InChI is InChI=1S/C34H26O/c1-22-11-15-24(16-12-22)28-19-26-7-3-5-9-29(26)32(21-28)33-30-10-6-4-8-27(30)20-31(34(33)35)25-17-13-23(2)14-18-25/h3-21,35H,1-2H3. The van der Waals surface area contributed by atoms with E-state index >= 15 is 0 Å². The Labute approximate surface area is 205 Å². The molecule has 6 aromatic carbocycles. The van der Waals surface area contributed by atoms with Gasteiger partial charge in [-0.1, -0.05) is 108 Å². The zero-order valence-electron chi connectivity index (χ0n) is 19.9. The van der Waals surface area contributed by atoms with E-state index in [0.717, 1.165) is 49.4 Å². The smallest absolute Gasteiger partial charge is 0.131 e. The number of fused-ring (bicyclic) bond motifs is 2. The molecule has 1 heteroatoms. The average molecular weight is 451 g/mol. The average Bonchev–Trinajstić information content (AvgIpc) is 2.89. The van der Waals surface area contributed by atoms with Crippen LogP contribution in [0.25, 0.3) is 54.9 Å². The Morgan fingerprint density at radius 3 is 1.66 bits per heavy atom. The molecule has 0 atom stereocenters. The zero-order chi connectivity index (χ0) is 23.9. The fourth-order valence-electron chi connectivity index (χ4n) is 4.99. The molecular weight excluding hydrogens is 424 g/mol. The minimum atomic E-state index is 0.318. The molecule has 0 unspecified atom stereocenters. The molecular formula is C34H26O. The van der Waals surface area contributed by atoms with Gasteiger partial charge >= 0.3 is 0 Å². The van der Waals surface area contributed by atoms with Gasteiger partial charge in [0.05, 0.1) is 0 Å². The molecule has 0 aliphatic rings. The maximum atomic E-state index is 11.8. The number of hydrogen-bond donors (Lipinski definition) is 1. The van der Waals surface area contributed by atoms with E-state index in [4.69, 9.17) is 0 Å². The summed E-state index contributed by atoms with van der Waals surface area (Å²) in [6.07, 6.45) is 0. The van der Waals surface area contributed by atoms with Gasteiger partial charge in [-0.3, -0.25) is 0 Å². The van der Waals surface area contributed by atoms with Crippen LogP contribution >= 0.6 is 0 Å². The van der Waals surface area contributed by atoms with E-state index in [0.29, 0.717) is 5.75 Å². The molecule has 6 rings (SSSR count). The van der Waals surface area contributed by atoms with Crippen molar-refractivity contribution >= 4 is 21.5 Å². The van der Waals surface area contributed by atoms with Gasteiger partial charge in [0.15, 0.2) is 0 Å². The molecule has 1 N–H and O–H groups in total. The second-order valence-corrected chi connectivity index (χ2v) is 9.35. The van der Waals surface area contributed by atoms with Gasteiger partial charge in [0.2, 0.25) is 0 Å². The number of phenolic OH excluding ortho intramolecular Hbond substituents is 1. The summed E-state index contributed by atoms with van der Waals surface area (Å²) in [4.78, 5) is 0. The van der Waals surface area contributed by atoms with Gasteiger partial charge in [0, 0.05) is 11.1 Å². The van der Waals surface area contributed by atoms with Crippen LogP contribution in [-0.2, 0) is 0 Å². The van der Waals surface area contributed by atoms with Gasteiger partial charge in [0.25, 0.3) is 0 Å². The highest BCUT2D eigenvalue weighted by Crippen LogP contribution is 2.46. The maximum absolute atomic E-state index is 11.8. The molecule has 6 aromatic rings. The van der Waals surface area contributed by atoms with Crippen molar-refractivity contribution < 1.29 is 5.11 Å². The third kappa shape index (κ3) is 3.76. The molecule has 0 aliphatic heterocycles. The SMILES string of the molecule is Cc1ccc(-c2cc(-c3c(O)c(-c4ccc(C)cc4)cc4ccccc34)c3ccccc3c2)cc1. The molecule has 1 nitrogen and oxygen atoms in total. The van der Waals surface area contributed by atoms with Crippen LogP contribution < -0.4 is 0 Å². The molecule has 168 valence electrons. The molecule has 0 fully saturated rings.